The lowest BCUT2D eigenvalue weighted by atomic mass is 10.1. The molecular weight excluding hydrogens is 490 g/mol. The van der Waals surface area contributed by atoms with Crippen molar-refractivity contribution in [3.8, 4) is 11.5 Å². The predicted octanol–water partition coefficient (Wildman–Crippen LogP) is 5.39. The van der Waals surface area contributed by atoms with Crippen LogP contribution in [0.15, 0.2) is 72.8 Å². The Hall–Kier alpha value is -2.80. The Balaban J connectivity index is 0.00000306. The van der Waals surface area contributed by atoms with E-state index in [9.17, 15) is 9.18 Å². The van der Waals surface area contributed by atoms with Crippen LogP contribution in [0.5, 0.6) is 11.5 Å². The average Bonchev–Trinajstić information content (AvgIpc) is 2.82. The smallest absolute Gasteiger partial charge is 0.236 e. The van der Waals surface area contributed by atoms with E-state index < -0.39 is 0 Å². The highest BCUT2D eigenvalue weighted by Crippen LogP contribution is 2.29. The van der Waals surface area contributed by atoms with E-state index in [1.54, 1.807) is 32.2 Å². The van der Waals surface area contributed by atoms with E-state index in [-0.39, 0.29) is 43.1 Å². The van der Waals surface area contributed by atoms with Gasteiger partial charge < -0.3 is 14.4 Å². The molecule has 0 spiro atoms. The molecule has 190 valence electrons. The summed E-state index contributed by atoms with van der Waals surface area (Å²) in [5, 5.41) is 0. The first-order valence-corrected chi connectivity index (χ1v) is 10.9. The van der Waals surface area contributed by atoms with Crippen molar-refractivity contribution in [2.45, 2.75) is 19.6 Å². The van der Waals surface area contributed by atoms with Gasteiger partial charge in [-0.3, -0.25) is 9.69 Å². The van der Waals surface area contributed by atoms with Gasteiger partial charge in [-0.05, 0) is 47.4 Å². The second-order valence-corrected chi connectivity index (χ2v) is 8.14. The van der Waals surface area contributed by atoms with E-state index in [4.69, 9.17) is 9.47 Å². The van der Waals surface area contributed by atoms with Gasteiger partial charge in [-0.25, -0.2) is 4.39 Å². The average molecular weight is 523 g/mol. The van der Waals surface area contributed by atoms with E-state index in [1.165, 1.54) is 17.7 Å². The maximum absolute atomic E-state index is 13.4. The molecule has 3 rings (SSSR count). The second-order valence-electron chi connectivity index (χ2n) is 8.14. The van der Waals surface area contributed by atoms with Gasteiger partial charge in [0.1, 0.15) is 12.4 Å². The fourth-order valence-electron chi connectivity index (χ4n) is 3.45. The molecule has 0 radical (unpaired) electrons. The Morgan fingerprint density at radius 2 is 1.57 bits per heavy atom. The molecule has 0 N–H and O–H groups in total. The third-order valence-corrected chi connectivity index (χ3v) is 5.33. The van der Waals surface area contributed by atoms with E-state index in [0.29, 0.717) is 24.6 Å². The van der Waals surface area contributed by atoms with Crippen LogP contribution >= 0.6 is 24.8 Å². The number of halogens is 3. The molecule has 8 heteroatoms. The van der Waals surface area contributed by atoms with E-state index in [0.717, 1.165) is 24.1 Å². The summed E-state index contributed by atoms with van der Waals surface area (Å²) in [4.78, 5) is 16.1. The van der Waals surface area contributed by atoms with Crippen LogP contribution in [-0.2, 0) is 24.4 Å². The molecule has 0 aliphatic heterocycles. The molecule has 0 aromatic heterocycles. The monoisotopic (exact) mass is 522 g/mol. The molecule has 0 saturated carbocycles. The molecule has 1 amide bonds. The first-order valence-electron chi connectivity index (χ1n) is 10.9. The van der Waals surface area contributed by atoms with E-state index in [2.05, 4.69) is 17.0 Å². The molecule has 0 fully saturated rings. The zero-order valence-electron chi connectivity index (χ0n) is 20.3. The van der Waals surface area contributed by atoms with Gasteiger partial charge in [0, 0.05) is 27.2 Å². The van der Waals surface area contributed by atoms with Crippen molar-refractivity contribution in [1.29, 1.82) is 0 Å². The molecule has 0 aliphatic carbocycles. The van der Waals surface area contributed by atoms with Crippen LogP contribution < -0.4 is 9.47 Å². The second kappa shape index (κ2) is 15.2. The van der Waals surface area contributed by atoms with Gasteiger partial charge in [0.25, 0.3) is 0 Å². The minimum absolute atomic E-state index is 0. The quantitative estimate of drug-likeness (QED) is 0.338. The van der Waals surface area contributed by atoms with Crippen LogP contribution in [0.1, 0.15) is 16.7 Å². The number of amides is 1. The molecule has 3 aromatic rings. The topological polar surface area (TPSA) is 42.0 Å². The molecule has 0 bridgehead atoms. The molecule has 3 aromatic carbocycles. The Labute approximate surface area is 219 Å². The van der Waals surface area contributed by atoms with Gasteiger partial charge in [0.2, 0.25) is 5.91 Å². The number of rotatable bonds is 11. The number of hydrogen-bond acceptors (Lipinski definition) is 4. The van der Waals surface area contributed by atoms with Crippen molar-refractivity contribution >= 4 is 30.7 Å². The van der Waals surface area contributed by atoms with Gasteiger partial charge in [0.15, 0.2) is 11.5 Å². The number of ether oxygens (including phenoxy) is 2. The molecule has 35 heavy (non-hydrogen) atoms. The third-order valence-electron chi connectivity index (χ3n) is 5.33. The van der Waals surface area contributed by atoms with E-state index >= 15 is 0 Å². The maximum Gasteiger partial charge on any atom is 0.236 e. The lowest BCUT2D eigenvalue weighted by Gasteiger charge is -2.24. The Bertz CT molecular complexity index is 1050. The summed E-state index contributed by atoms with van der Waals surface area (Å²) in [6, 6.07) is 22.3. The first kappa shape index (κ1) is 30.2. The lowest BCUT2D eigenvalue weighted by molar-refractivity contribution is -0.130. The maximum atomic E-state index is 13.4. The largest absolute Gasteiger partial charge is 0.493 e. The fourth-order valence-corrected chi connectivity index (χ4v) is 3.45. The van der Waals surface area contributed by atoms with Crippen molar-refractivity contribution in [1.82, 2.24) is 9.80 Å². The van der Waals surface area contributed by atoms with Gasteiger partial charge in [-0.2, -0.15) is 0 Å². The highest BCUT2D eigenvalue weighted by molar-refractivity contribution is 5.85. The molecule has 0 aliphatic rings. The summed E-state index contributed by atoms with van der Waals surface area (Å²) in [6.07, 6.45) is 0.758. The van der Waals surface area contributed by atoms with Crippen LogP contribution in [-0.4, -0.2) is 50.0 Å². The number of hydrogen-bond donors (Lipinski definition) is 0. The summed E-state index contributed by atoms with van der Waals surface area (Å²) in [6.45, 7) is 2.03. The molecule has 0 atom stereocenters. The first-order chi connectivity index (χ1) is 15.9. The van der Waals surface area contributed by atoms with Crippen LogP contribution in [0.3, 0.4) is 0 Å². The van der Waals surface area contributed by atoms with Crippen molar-refractivity contribution in [3.63, 3.8) is 0 Å². The number of methoxy groups -OCH3 is 1. The van der Waals surface area contributed by atoms with Crippen molar-refractivity contribution in [2.24, 2.45) is 0 Å². The number of likely N-dealkylation sites (N-methyl/N-ethyl adjacent to an activating group) is 1. The fraction of sp³-hybridized carbons (Fsp3) is 0.296. The summed E-state index contributed by atoms with van der Waals surface area (Å²) in [7, 11) is 5.15. The zero-order valence-corrected chi connectivity index (χ0v) is 21.9. The Kier molecular flexibility index (Phi) is 13.2. The normalized spacial score (nSPS) is 10.2. The number of nitrogens with zero attached hydrogens (tertiary/aromatic N) is 2. The van der Waals surface area contributed by atoms with Gasteiger partial charge >= 0.3 is 0 Å². The van der Waals surface area contributed by atoms with Crippen molar-refractivity contribution in [3.05, 3.63) is 95.3 Å². The summed E-state index contributed by atoms with van der Waals surface area (Å²) < 4.78 is 24.8. The highest BCUT2D eigenvalue weighted by atomic mass is 35.5. The van der Waals surface area contributed by atoms with Gasteiger partial charge in [0.05, 0.1) is 13.7 Å². The molecular formula is C27H33Cl2FN2O3. The minimum Gasteiger partial charge on any atom is -0.493 e. The Morgan fingerprint density at radius 3 is 2.23 bits per heavy atom. The zero-order chi connectivity index (χ0) is 23.6. The summed E-state index contributed by atoms with van der Waals surface area (Å²) >= 11 is 0. The third kappa shape index (κ3) is 9.76. The summed E-state index contributed by atoms with van der Waals surface area (Å²) in [5.41, 5.74) is 3.01. The number of benzene rings is 3. The van der Waals surface area contributed by atoms with Gasteiger partial charge in [-0.1, -0.05) is 48.5 Å². The predicted molar refractivity (Wildman–Crippen MR) is 142 cm³/mol. The standard InChI is InChI=1S/C27H31FN2O3.2ClH/c1-29(2)27(31)19-30(18-22-8-5-4-6-9-22)15-14-21-12-13-25(26(17-21)32-3)33-20-23-10-7-11-24(28)16-23;;/h4-13,16-17H,14-15,18-20H2,1-3H3;2*1H. The van der Waals surface area contributed by atoms with Crippen LogP contribution in [0.4, 0.5) is 4.39 Å². The van der Waals surface area contributed by atoms with Crippen LogP contribution in [0.2, 0.25) is 0 Å². The van der Waals surface area contributed by atoms with E-state index in [1.807, 2.05) is 42.5 Å². The molecule has 0 heterocycles. The summed E-state index contributed by atoms with van der Waals surface area (Å²) in [5.74, 6) is 1.02. The number of carbonyl (C=O) groups excluding carboxylic acids is 1. The number of carbonyl (C=O) groups is 1. The molecule has 0 unspecified atom stereocenters. The molecule has 5 nitrogen and oxygen atoms in total. The minimum atomic E-state index is -0.286. The van der Waals surface area contributed by atoms with Crippen molar-refractivity contribution in [2.75, 3.05) is 34.3 Å². The highest BCUT2D eigenvalue weighted by Gasteiger charge is 2.14. The van der Waals surface area contributed by atoms with Gasteiger partial charge in [-0.15, -0.1) is 24.8 Å². The van der Waals surface area contributed by atoms with Crippen LogP contribution in [0, 0.1) is 5.82 Å². The van der Waals surface area contributed by atoms with Crippen LogP contribution in [0.25, 0.3) is 0 Å². The SMILES string of the molecule is COc1cc(CCN(CC(=O)N(C)C)Cc2ccccc2)ccc1OCc1cccc(F)c1.Cl.Cl. The van der Waals surface area contributed by atoms with Crippen molar-refractivity contribution < 1.29 is 18.7 Å². The molecule has 0 saturated heterocycles. The Morgan fingerprint density at radius 1 is 0.857 bits per heavy atom. The lowest BCUT2D eigenvalue weighted by Crippen LogP contribution is -2.37.